The molecule has 4 nitrogen and oxygen atoms in total. The van der Waals surface area contributed by atoms with E-state index in [0.717, 1.165) is 17.8 Å². The Morgan fingerprint density at radius 3 is 2.95 bits per heavy atom. The van der Waals surface area contributed by atoms with Gasteiger partial charge in [-0.3, -0.25) is 9.78 Å². The maximum absolute atomic E-state index is 12.3. The number of hydrogen-bond acceptors (Lipinski definition) is 3. The zero-order chi connectivity index (χ0) is 14.8. The van der Waals surface area contributed by atoms with Crippen LogP contribution >= 0.6 is 0 Å². The van der Waals surface area contributed by atoms with E-state index < -0.39 is 0 Å². The molecule has 1 aliphatic rings. The predicted molar refractivity (Wildman–Crippen MR) is 83.7 cm³/mol. The summed E-state index contributed by atoms with van der Waals surface area (Å²) in [5.41, 5.74) is 5.05. The van der Waals surface area contributed by atoms with Crippen molar-refractivity contribution < 1.29 is 4.79 Å². The van der Waals surface area contributed by atoms with E-state index in [9.17, 15) is 4.79 Å². The molecule has 0 saturated heterocycles. The van der Waals surface area contributed by atoms with E-state index in [4.69, 9.17) is 0 Å². The van der Waals surface area contributed by atoms with E-state index in [0.29, 0.717) is 18.0 Å². The Balaban J connectivity index is 1.66. The Hall–Kier alpha value is -2.36. The molecule has 0 fully saturated rings. The van der Waals surface area contributed by atoms with Crippen LogP contribution in [-0.2, 0) is 6.42 Å². The predicted octanol–water partition coefficient (Wildman–Crippen LogP) is 2.50. The van der Waals surface area contributed by atoms with E-state index in [1.165, 1.54) is 11.1 Å². The number of benzene rings is 1. The van der Waals surface area contributed by atoms with Gasteiger partial charge in [-0.2, -0.15) is 0 Å². The second-order valence-electron chi connectivity index (χ2n) is 5.43. The number of nitrogens with zero attached hydrogens (tertiary/aromatic N) is 1. The molecule has 2 aromatic rings. The zero-order valence-corrected chi connectivity index (χ0v) is 12.3. The molecule has 108 valence electrons. The van der Waals surface area contributed by atoms with Crippen LogP contribution in [-0.4, -0.2) is 24.5 Å². The number of aryl methyl sites for hydroxylation is 1. The fourth-order valence-corrected chi connectivity index (χ4v) is 2.80. The minimum atomic E-state index is -0.0729. The number of nitrogens with one attached hydrogen (secondary N) is 2. The highest BCUT2D eigenvalue weighted by Crippen LogP contribution is 2.34. The molecule has 21 heavy (non-hydrogen) atoms. The largest absolute Gasteiger partial charge is 0.387 e. The molecule has 0 aliphatic heterocycles. The van der Waals surface area contributed by atoms with Crippen molar-refractivity contribution in [2.75, 3.05) is 18.9 Å². The lowest BCUT2D eigenvalue weighted by Crippen LogP contribution is -2.33. The number of pyridine rings is 1. The molecule has 1 aromatic carbocycles. The van der Waals surface area contributed by atoms with Gasteiger partial charge in [0.05, 0.1) is 11.3 Å². The SMILES string of the molecule is CNc1cc(C)ncc1C(=O)NCC1Cc2ccccc21. The second-order valence-corrected chi connectivity index (χ2v) is 5.43. The van der Waals surface area contributed by atoms with Crippen LogP contribution in [0.5, 0.6) is 0 Å². The fourth-order valence-electron chi connectivity index (χ4n) is 2.80. The number of hydrogen-bond donors (Lipinski definition) is 2. The quantitative estimate of drug-likeness (QED) is 0.905. The van der Waals surface area contributed by atoms with E-state index in [1.807, 2.05) is 20.0 Å². The van der Waals surface area contributed by atoms with Gasteiger partial charge in [-0.15, -0.1) is 0 Å². The maximum atomic E-state index is 12.3. The van der Waals surface area contributed by atoms with Crippen molar-refractivity contribution in [3.8, 4) is 0 Å². The van der Waals surface area contributed by atoms with Crippen molar-refractivity contribution in [3.63, 3.8) is 0 Å². The standard InChI is InChI=1S/C17H19N3O/c1-11-7-16(18-2)15(10-19-11)17(21)20-9-13-8-12-5-3-4-6-14(12)13/h3-7,10,13H,8-9H2,1-2H3,(H,18,19)(H,20,21). The first-order valence-corrected chi connectivity index (χ1v) is 7.19. The van der Waals surface area contributed by atoms with E-state index in [-0.39, 0.29) is 5.91 Å². The van der Waals surface area contributed by atoms with Gasteiger partial charge >= 0.3 is 0 Å². The summed E-state index contributed by atoms with van der Waals surface area (Å²) in [7, 11) is 1.81. The average molecular weight is 281 g/mol. The van der Waals surface area contributed by atoms with Crippen LogP contribution in [0.25, 0.3) is 0 Å². The molecule has 1 aromatic heterocycles. The molecule has 0 radical (unpaired) electrons. The molecule has 1 heterocycles. The van der Waals surface area contributed by atoms with Gasteiger partial charge in [-0.25, -0.2) is 0 Å². The average Bonchev–Trinajstić information content (AvgIpc) is 2.47. The van der Waals surface area contributed by atoms with E-state index in [1.54, 1.807) is 6.20 Å². The van der Waals surface area contributed by atoms with Gasteiger partial charge in [-0.05, 0) is 30.5 Å². The van der Waals surface area contributed by atoms with Crippen molar-refractivity contribution in [1.29, 1.82) is 0 Å². The lowest BCUT2D eigenvalue weighted by atomic mass is 9.77. The van der Waals surface area contributed by atoms with Gasteiger partial charge < -0.3 is 10.6 Å². The van der Waals surface area contributed by atoms with Crippen LogP contribution in [0.4, 0.5) is 5.69 Å². The number of aromatic nitrogens is 1. The molecule has 3 rings (SSSR count). The minimum Gasteiger partial charge on any atom is -0.387 e. The molecular weight excluding hydrogens is 262 g/mol. The molecule has 1 unspecified atom stereocenters. The highest BCUT2D eigenvalue weighted by atomic mass is 16.1. The highest BCUT2D eigenvalue weighted by molar-refractivity contribution is 5.99. The molecule has 4 heteroatoms. The zero-order valence-electron chi connectivity index (χ0n) is 12.3. The Bertz CT molecular complexity index is 681. The summed E-state index contributed by atoms with van der Waals surface area (Å²) in [4.78, 5) is 16.5. The van der Waals surface area contributed by atoms with Gasteiger partial charge in [0.25, 0.3) is 5.91 Å². The van der Waals surface area contributed by atoms with Crippen LogP contribution < -0.4 is 10.6 Å². The van der Waals surface area contributed by atoms with Crippen LogP contribution in [0, 0.1) is 6.92 Å². The third kappa shape index (κ3) is 2.61. The fraction of sp³-hybridized carbons (Fsp3) is 0.294. The lowest BCUT2D eigenvalue weighted by molar-refractivity contribution is 0.0950. The van der Waals surface area contributed by atoms with Crippen molar-refractivity contribution in [2.24, 2.45) is 0 Å². The Morgan fingerprint density at radius 1 is 1.38 bits per heavy atom. The number of carbonyl (C=O) groups is 1. The highest BCUT2D eigenvalue weighted by Gasteiger charge is 2.25. The molecule has 0 saturated carbocycles. The molecule has 1 atom stereocenters. The summed E-state index contributed by atoms with van der Waals surface area (Å²) in [6, 6.07) is 10.3. The second kappa shape index (κ2) is 5.56. The summed E-state index contributed by atoms with van der Waals surface area (Å²) in [6.45, 7) is 2.58. The summed E-state index contributed by atoms with van der Waals surface area (Å²) >= 11 is 0. The van der Waals surface area contributed by atoms with Crippen LogP contribution in [0.3, 0.4) is 0 Å². The van der Waals surface area contributed by atoms with E-state index >= 15 is 0 Å². The van der Waals surface area contributed by atoms with Crippen LogP contribution in [0.15, 0.2) is 36.5 Å². The number of fused-ring (bicyclic) bond motifs is 1. The van der Waals surface area contributed by atoms with Crippen molar-refractivity contribution in [3.05, 3.63) is 58.9 Å². The lowest BCUT2D eigenvalue weighted by Gasteiger charge is -2.30. The summed E-state index contributed by atoms with van der Waals surface area (Å²) < 4.78 is 0. The summed E-state index contributed by atoms with van der Waals surface area (Å²) in [6.07, 6.45) is 2.67. The Kier molecular flexibility index (Phi) is 3.60. The topological polar surface area (TPSA) is 54.0 Å². The van der Waals surface area contributed by atoms with Crippen LogP contribution in [0.2, 0.25) is 0 Å². The molecule has 0 bridgehead atoms. The van der Waals surface area contributed by atoms with Gasteiger partial charge in [0.15, 0.2) is 0 Å². The molecule has 0 spiro atoms. The number of amides is 1. The third-order valence-corrected chi connectivity index (χ3v) is 4.02. The van der Waals surface area contributed by atoms with Gasteiger partial charge in [-0.1, -0.05) is 24.3 Å². The molecular formula is C17H19N3O. The minimum absolute atomic E-state index is 0.0729. The molecule has 1 amide bonds. The van der Waals surface area contributed by atoms with Gasteiger partial charge in [0, 0.05) is 31.4 Å². The van der Waals surface area contributed by atoms with Crippen molar-refractivity contribution in [2.45, 2.75) is 19.3 Å². The number of anilines is 1. The summed E-state index contributed by atoms with van der Waals surface area (Å²) in [5, 5.41) is 6.06. The van der Waals surface area contributed by atoms with E-state index in [2.05, 4.69) is 39.9 Å². The first-order valence-electron chi connectivity index (χ1n) is 7.19. The molecule has 1 aliphatic carbocycles. The first-order chi connectivity index (χ1) is 10.2. The van der Waals surface area contributed by atoms with Gasteiger partial charge in [0.1, 0.15) is 0 Å². The van der Waals surface area contributed by atoms with Gasteiger partial charge in [0.2, 0.25) is 0 Å². The van der Waals surface area contributed by atoms with Crippen LogP contribution in [0.1, 0.15) is 33.1 Å². The normalized spacial score (nSPS) is 15.8. The smallest absolute Gasteiger partial charge is 0.254 e. The Morgan fingerprint density at radius 2 is 2.19 bits per heavy atom. The van der Waals surface area contributed by atoms with Crippen molar-refractivity contribution in [1.82, 2.24) is 10.3 Å². The monoisotopic (exact) mass is 281 g/mol. The number of rotatable bonds is 4. The molecule has 2 N–H and O–H groups in total. The number of carbonyl (C=O) groups excluding carboxylic acids is 1. The third-order valence-electron chi connectivity index (χ3n) is 4.02. The first kappa shape index (κ1) is 13.6. The van der Waals surface area contributed by atoms with Crippen molar-refractivity contribution >= 4 is 11.6 Å². The Labute approximate surface area is 124 Å². The maximum Gasteiger partial charge on any atom is 0.254 e. The summed E-state index contributed by atoms with van der Waals surface area (Å²) in [5.74, 6) is 0.359.